The number of benzene rings is 1. The van der Waals surface area contributed by atoms with Crippen molar-refractivity contribution in [2.45, 2.75) is 44.8 Å². The molecule has 0 aromatic heterocycles. The monoisotopic (exact) mass is 304 g/mol. The second-order valence-corrected chi connectivity index (χ2v) is 7.02. The minimum absolute atomic E-state index is 0.0156. The van der Waals surface area contributed by atoms with Gasteiger partial charge >= 0.3 is 0 Å². The standard InChI is InChI=1S/C18H28N2O2/c1-18(2)13-16(10-12-22-18)19-17(21)15-7-5-14(6-8-15)9-11-20(3)4/h5-8,16H,9-13H2,1-4H3,(H,19,21)/t16-/m0/s1. The van der Waals surface area contributed by atoms with Gasteiger partial charge in [0.15, 0.2) is 0 Å². The van der Waals surface area contributed by atoms with Gasteiger partial charge in [0.25, 0.3) is 5.91 Å². The Bertz CT molecular complexity index is 494. The third kappa shape index (κ3) is 5.11. The molecule has 22 heavy (non-hydrogen) atoms. The summed E-state index contributed by atoms with van der Waals surface area (Å²) in [4.78, 5) is 14.5. The molecule has 0 bridgehead atoms. The van der Waals surface area contributed by atoms with Crippen LogP contribution >= 0.6 is 0 Å². The first kappa shape index (κ1) is 17.0. The fourth-order valence-corrected chi connectivity index (χ4v) is 2.80. The van der Waals surface area contributed by atoms with Crippen LogP contribution in [-0.2, 0) is 11.2 Å². The van der Waals surface area contributed by atoms with Crippen LogP contribution < -0.4 is 5.32 Å². The molecule has 1 fully saturated rings. The Balaban J connectivity index is 1.89. The molecule has 4 nitrogen and oxygen atoms in total. The number of likely N-dealkylation sites (N-methyl/N-ethyl adjacent to an activating group) is 1. The van der Waals surface area contributed by atoms with Crippen LogP contribution in [0.4, 0.5) is 0 Å². The second-order valence-electron chi connectivity index (χ2n) is 7.02. The van der Waals surface area contributed by atoms with Crippen LogP contribution in [0.25, 0.3) is 0 Å². The maximum absolute atomic E-state index is 12.3. The van der Waals surface area contributed by atoms with Crippen LogP contribution in [-0.4, -0.2) is 49.7 Å². The van der Waals surface area contributed by atoms with Crippen molar-refractivity contribution in [2.75, 3.05) is 27.2 Å². The maximum Gasteiger partial charge on any atom is 0.251 e. The van der Waals surface area contributed by atoms with Gasteiger partial charge in [-0.15, -0.1) is 0 Å². The van der Waals surface area contributed by atoms with E-state index in [0.29, 0.717) is 6.61 Å². The van der Waals surface area contributed by atoms with E-state index in [-0.39, 0.29) is 17.6 Å². The molecule has 1 atom stereocenters. The minimum Gasteiger partial charge on any atom is -0.375 e. The van der Waals surface area contributed by atoms with E-state index < -0.39 is 0 Å². The number of hydrogen-bond acceptors (Lipinski definition) is 3. The van der Waals surface area contributed by atoms with Crippen molar-refractivity contribution in [1.29, 1.82) is 0 Å². The Morgan fingerprint density at radius 3 is 2.59 bits per heavy atom. The molecule has 1 heterocycles. The van der Waals surface area contributed by atoms with Crippen molar-refractivity contribution in [3.8, 4) is 0 Å². The quantitative estimate of drug-likeness (QED) is 0.908. The number of ether oxygens (including phenoxy) is 1. The summed E-state index contributed by atoms with van der Waals surface area (Å²) in [5.74, 6) is 0.0156. The lowest BCUT2D eigenvalue weighted by Crippen LogP contribution is -2.45. The predicted molar refractivity (Wildman–Crippen MR) is 89.2 cm³/mol. The predicted octanol–water partition coefficient (Wildman–Crippen LogP) is 2.48. The molecule has 1 aromatic rings. The molecule has 1 amide bonds. The van der Waals surface area contributed by atoms with E-state index in [1.807, 2.05) is 24.3 Å². The second kappa shape index (κ2) is 7.25. The third-order valence-corrected chi connectivity index (χ3v) is 4.10. The van der Waals surface area contributed by atoms with Crippen LogP contribution in [0.1, 0.15) is 42.6 Å². The van der Waals surface area contributed by atoms with Gasteiger partial charge in [-0.3, -0.25) is 4.79 Å². The zero-order valence-corrected chi connectivity index (χ0v) is 14.2. The highest BCUT2D eigenvalue weighted by Crippen LogP contribution is 2.24. The summed E-state index contributed by atoms with van der Waals surface area (Å²) in [5.41, 5.74) is 1.85. The van der Waals surface area contributed by atoms with Crippen LogP contribution in [0.3, 0.4) is 0 Å². The van der Waals surface area contributed by atoms with Gasteiger partial charge in [0.1, 0.15) is 0 Å². The van der Waals surface area contributed by atoms with Gasteiger partial charge in [0, 0.05) is 24.8 Å². The summed E-state index contributed by atoms with van der Waals surface area (Å²) in [5, 5.41) is 3.13. The Morgan fingerprint density at radius 2 is 2.00 bits per heavy atom. The maximum atomic E-state index is 12.3. The Morgan fingerprint density at radius 1 is 1.32 bits per heavy atom. The van der Waals surface area contributed by atoms with E-state index >= 15 is 0 Å². The number of rotatable bonds is 5. The van der Waals surface area contributed by atoms with Gasteiger partial charge in [-0.05, 0) is 64.9 Å². The molecule has 1 aromatic carbocycles. The highest BCUT2D eigenvalue weighted by Gasteiger charge is 2.29. The van der Waals surface area contributed by atoms with Crippen LogP contribution in [0, 0.1) is 0 Å². The zero-order chi connectivity index (χ0) is 16.2. The average molecular weight is 304 g/mol. The third-order valence-electron chi connectivity index (χ3n) is 4.10. The Labute approximate surface area is 133 Å². The van der Waals surface area contributed by atoms with Crippen molar-refractivity contribution in [2.24, 2.45) is 0 Å². The highest BCUT2D eigenvalue weighted by molar-refractivity contribution is 5.94. The Kier molecular flexibility index (Phi) is 5.59. The van der Waals surface area contributed by atoms with Gasteiger partial charge in [0.2, 0.25) is 0 Å². The van der Waals surface area contributed by atoms with Crippen molar-refractivity contribution in [1.82, 2.24) is 10.2 Å². The molecule has 0 spiro atoms. The van der Waals surface area contributed by atoms with Gasteiger partial charge in [-0.25, -0.2) is 0 Å². The Hall–Kier alpha value is -1.39. The summed E-state index contributed by atoms with van der Waals surface area (Å²) in [6, 6.07) is 8.14. The normalized spacial score (nSPS) is 20.9. The molecule has 1 aliphatic rings. The van der Waals surface area contributed by atoms with Crippen molar-refractivity contribution in [3.05, 3.63) is 35.4 Å². The molecule has 0 radical (unpaired) electrons. The molecular weight excluding hydrogens is 276 g/mol. The lowest BCUT2D eigenvalue weighted by Gasteiger charge is -2.35. The van der Waals surface area contributed by atoms with Gasteiger partial charge < -0.3 is 15.0 Å². The highest BCUT2D eigenvalue weighted by atomic mass is 16.5. The number of nitrogens with zero attached hydrogens (tertiary/aromatic N) is 1. The number of amides is 1. The van der Waals surface area contributed by atoms with E-state index in [9.17, 15) is 4.79 Å². The van der Waals surface area contributed by atoms with E-state index in [1.54, 1.807) is 0 Å². The smallest absolute Gasteiger partial charge is 0.251 e. The van der Waals surface area contributed by atoms with E-state index in [0.717, 1.165) is 31.4 Å². The summed E-state index contributed by atoms with van der Waals surface area (Å²) in [6.45, 7) is 5.87. The lowest BCUT2D eigenvalue weighted by molar-refractivity contribution is -0.0615. The molecule has 1 saturated heterocycles. The van der Waals surface area contributed by atoms with Crippen LogP contribution in [0.5, 0.6) is 0 Å². The van der Waals surface area contributed by atoms with Gasteiger partial charge in [-0.1, -0.05) is 12.1 Å². The number of hydrogen-bond donors (Lipinski definition) is 1. The first-order chi connectivity index (χ1) is 10.4. The SMILES string of the molecule is CN(C)CCc1ccc(C(=O)N[C@H]2CCOC(C)(C)C2)cc1. The fourth-order valence-electron chi connectivity index (χ4n) is 2.80. The van der Waals surface area contributed by atoms with E-state index in [1.165, 1.54) is 5.56 Å². The molecular formula is C18H28N2O2. The first-order valence-electron chi connectivity index (χ1n) is 8.04. The van der Waals surface area contributed by atoms with Gasteiger partial charge in [0.05, 0.1) is 5.60 Å². The van der Waals surface area contributed by atoms with Crippen LogP contribution in [0.2, 0.25) is 0 Å². The first-order valence-corrected chi connectivity index (χ1v) is 8.04. The van der Waals surface area contributed by atoms with Crippen molar-refractivity contribution >= 4 is 5.91 Å². The fraction of sp³-hybridized carbons (Fsp3) is 0.611. The summed E-state index contributed by atoms with van der Waals surface area (Å²) in [6.07, 6.45) is 2.75. The van der Waals surface area contributed by atoms with Crippen molar-refractivity contribution < 1.29 is 9.53 Å². The molecule has 0 saturated carbocycles. The summed E-state index contributed by atoms with van der Waals surface area (Å²) >= 11 is 0. The molecule has 122 valence electrons. The van der Waals surface area contributed by atoms with E-state index in [4.69, 9.17) is 4.74 Å². The van der Waals surface area contributed by atoms with Crippen molar-refractivity contribution in [3.63, 3.8) is 0 Å². The number of nitrogens with one attached hydrogen (secondary N) is 1. The minimum atomic E-state index is -0.147. The largest absolute Gasteiger partial charge is 0.375 e. The number of carbonyl (C=O) groups excluding carboxylic acids is 1. The zero-order valence-electron chi connectivity index (χ0n) is 14.2. The molecule has 0 unspecified atom stereocenters. The van der Waals surface area contributed by atoms with E-state index in [2.05, 4.69) is 38.2 Å². The molecule has 1 N–H and O–H groups in total. The van der Waals surface area contributed by atoms with Gasteiger partial charge in [-0.2, -0.15) is 0 Å². The summed E-state index contributed by atoms with van der Waals surface area (Å²) in [7, 11) is 4.13. The molecule has 4 heteroatoms. The molecule has 1 aliphatic heterocycles. The number of carbonyl (C=O) groups is 1. The lowest BCUT2D eigenvalue weighted by atomic mass is 9.93. The molecule has 0 aliphatic carbocycles. The van der Waals surface area contributed by atoms with Crippen LogP contribution in [0.15, 0.2) is 24.3 Å². The molecule has 2 rings (SSSR count). The average Bonchev–Trinajstić information content (AvgIpc) is 2.44. The summed E-state index contributed by atoms with van der Waals surface area (Å²) < 4.78 is 5.69. The topological polar surface area (TPSA) is 41.6 Å².